The Morgan fingerprint density at radius 2 is 1.82 bits per heavy atom. The molecule has 212 valence electrons. The third-order valence-corrected chi connectivity index (χ3v) is 7.30. The number of amidine groups is 1. The van der Waals surface area contributed by atoms with Crippen LogP contribution in [0.25, 0.3) is 22.5 Å². The Bertz CT molecular complexity index is 1370. The Labute approximate surface area is 237 Å². The van der Waals surface area contributed by atoms with Gasteiger partial charge in [0.05, 0.1) is 24.3 Å². The van der Waals surface area contributed by atoms with E-state index in [0.717, 1.165) is 67.6 Å². The monoisotopic (exact) mass is 543 g/mol. The van der Waals surface area contributed by atoms with Gasteiger partial charge < -0.3 is 18.9 Å². The molecule has 0 bridgehead atoms. The smallest absolute Gasteiger partial charge is 0.182 e. The molecule has 0 radical (unpaired) electrons. The second-order valence-corrected chi connectivity index (χ2v) is 10.8. The van der Waals surface area contributed by atoms with E-state index in [1.165, 1.54) is 11.1 Å². The van der Waals surface area contributed by atoms with Crippen LogP contribution < -0.4 is 14.8 Å². The number of unbranched alkanes of at least 4 members (excludes halogenated alkanes) is 2. The van der Waals surface area contributed by atoms with E-state index in [1.54, 1.807) is 0 Å². The molecule has 1 aliphatic heterocycles. The molecule has 2 aromatic carbocycles. The van der Waals surface area contributed by atoms with Crippen LogP contribution >= 0.6 is 0 Å². The molecule has 3 aromatic rings. The molecule has 0 saturated carbocycles. The van der Waals surface area contributed by atoms with Crippen LogP contribution in [0.3, 0.4) is 0 Å². The summed E-state index contributed by atoms with van der Waals surface area (Å²) in [7, 11) is 2.13. The Balaban J connectivity index is 1.90. The summed E-state index contributed by atoms with van der Waals surface area (Å²) in [6.45, 7) is 11.7. The third-order valence-electron chi connectivity index (χ3n) is 7.30. The summed E-state index contributed by atoms with van der Waals surface area (Å²) in [6.07, 6.45) is 6.75. The first-order valence-corrected chi connectivity index (χ1v) is 14.4. The summed E-state index contributed by atoms with van der Waals surface area (Å²) >= 11 is 0. The largest absolute Gasteiger partial charge is 0.493 e. The predicted octanol–water partition coefficient (Wildman–Crippen LogP) is 6.87. The number of rotatable bonds is 12. The van der Waals surface area contributed by atoms with Crippen molar-refractivity contribution in [1.82, 2.24) is 15.4 Å². The van der Waals surface area contributed by atoms with E-state index in [2.05, 4.69) is 74.4 Å². The zero-order chi connectivity index (χ0) is 28.6. The van der Waals surface area contributed by atoms with E-state index in [0.29, 0.717) is 36.0 Å². The quantitative estimate of drug-likeness (QED) is 0.0843. The van der Waals surface area contributed by atoms with Gasteiger partial charge in [0.1, 0.15) is 11.5 Å². The standard InChI is InChI=1S/C32H41N5O3/c1-6-8-14-38-27-18-28(39-15-9-7-2)26(17-25(27)21(3)4)31-29(30(36-40-31)32(34)35-20-33)23-10-11-24-19-37(5)13-12-22(24)16-23/h10-11,16-18,21H,6-9,12-15,19H2,1-5H3,(H2,34,35). The highest BCUT2D eigenvalue weighted by Crippen LogP contribution is 2.44. The molecule has 40 heavy (non-hydrogen) atoms. The van der Waals surface area contributed by atoms with Gasteiger partial charge in [0, 0.05) is 19.2 Å². The third kappa shape index (κ3) is 6.48. The Morgan fingerprint density at radius 1 is 1.10 bits per heavy atom. The lowest BCUT2D eigenvalue weighted by Gasteiger charge is -2.25. The number of nitrogens with zero attached hydrogens (tertiary/aromatic N) is 3. The lowest BCUT2D eigenvalue weighted by molar-refractivity contribution is 0.291. The summed E-state index contributed by atoms with van der Waals surface area (Å²) < 4.78 is 18.6. The van der Waals surface area contributed by atoms with E-state index in [1.807, 2.05) is 12.3 Å². The Morgan fingerprint density at radius 3 is 2.50 bits per heavy atom. The molecule has 0 fully saturated rings. The number of fused-ring (bicyclic) bond motifs is 1. The van der Waals surface area contributed by atoms with Crippen molar-refractivity contribution in [1.29, 1.82) is 10.7 Å². The summed E-state index contributed by atoms with van der Waals surface area (Å²) in [5.74, 6) is 2.08. The molecular formula is C32H41N5O3. The summed E-state index contributed by atoms with van der Waals surface area (Å²) in [5.41, 5.74) is 6.24. The molecule has 1 aromatic heterocycles. The zero-order valence-electron chi connectivity index (χ0n) is 24.4. The second kappa shape index (κ2) is 13.5. The van der Waals surface area contributed by atoms with Gasteiger partial charge >= 0.3 is 0 Å². The average molecular weight is 544 g/mol. The summed E-state index contributed by atoms with van der Waals surface area (Å²) in [4.78, 5) is 2.31. The minimum Gasteiger partial charge on any atom is -0.493 e. The van der Waals surface area contributed by atoms with Crippen molar-refractivity contribution in [2.75, 3.05) is 26.8 Å². The van der Waals surface area contributed by atoms with Crippen molar-refractivity contribution in [3.63, 3.8) is 0 Å². The first kappa shape index (κ1) is 29.2. The van der Waals surface area contributed by atoms with Gasteiger partial charge in [-0.25, -0.2) is 0 Å². The first-order chi connectivity index (χ1) is 19.4. The minimum absolute atomic E-state index is 0.109. The minimum atomic E-state index is -0.109. The molecule has 8 heteroatoms. The molecule has 0 aliphatic carbocycles. The number of hydrogen-bond acceptors (Lipinski definition) is 7. The Kier molecular flexibility index (Phi) is 9.84. The number of likely N-dealkylation sites (N-methyl/N-ethyl adjacent to an activating group) is 1. The van der Waals surface area contributed by atoms with Crippen LogP contribution in [0.1, 0.15) is 81.7 Å². The van der Waals surface area contributed by atoms with Crippen molar-refractivity contribution >= 4 is 5.84 Å². The van der Waals surface area contributed by atoms with Crippen LogP contribution in [0.4, 0.5) is 0 Å². The number of hydrogen-bond donors (Lipinski definition) is 2. The number of aromatic nitrogens is 1. The lowest BCUT2D eigenvalue weighted by atomic mass is 9.91. The van der Waals surface area contributed by atoms with Gasteiger partial charge in [-0.1, -0.05) is 63.9 Å². The second-order valence-electron chi connectivity index (χ2n) is 10.8. The van der Waals surface area contributed by atoms with Crippen LogP contribution in [0.5, 0.6) is 11.5 Å². The van der Waals surface area contributed by atoms with Gasteiger partial charge in [0.2, 0.25) is 0 Å². The molecule has 8 nitrogen and oxygen atoms in total. The van der Waals surface area contributed by atoms with Crippen LogP contribution in [0.15, 0.2) is 34.9 Å². The Hall–Kier alpha value is -3.83. The van der Waals surface area contributed by atoms with Gasteiger partial charge in [-0.15, -0.1) is 0 Å². The maximum Gasteiger partial charge on any atom is 0.182 e. The molecule has 0 saturated heterocycles. The molecule has 0 unspecified atom stereocenters. The van der Waals surface area contributed by atoms with Crippen molar-refractivity contribution in [2.24, 2.45) is 0 Å². The van der Waals surface area contributed by atoms with Gasteiger partial charge in [-0.3, -0.25) is 10.7 Å². The normalized spacial score (nSPS) is 13.1. The highest BCUT2D eigenvalue weighted by Gasteiger charge is 2.27. The molecule has 2 heterocycles. The maximum absolute atomic E-state index is 9.25. The van der Waals surface area contributed by atoms with Gasteiger partial charge in [-0.05, 0) is 60.5 Å². The van der Waals surface area contributed by atoms with Crippen LogP contribution in [0.2, 0.25) is 0 Å². The van der Waals surface area contributed by atoms with E-state index < -0.39 is 0 Å². The molecule has 2 N–H and O–H groups in total. The van der Waals surface area contributed by atoms with Crippen molar-refractivity contribution in [3.05, 3.63) is 52.7 Å². The number of nitriles is 1. The number of benzene rings is 2. The molecule has 1 aliphatic rings. The summed E-state index contributed by atoms with van der Waals surface area (Å²) in [6, 6.07) is 10.4. The molecule has 0 atom stereocenters. The molecule has 0 amide bonds. The van der Waals surface area contributed by atoms with Gasteiger partial charge in [-0.2, -0.15) is 5.26 Å². The fraction of sp³-hybridized carbons (Fsp3) is 0.469. The lowest BCUT2D eigenvalue weighted by Crippen LogP contribution is -2.26. The zero-order valence-corrected chi connectivity index (χ0v) is 24.4. The first-order valence-electron chi connectivity index (χ1n) is 14.4. The van der Waals surface area contributed by atoms with Crippen LogP contribution in [-0.4, -0.2) is 42.7 Å². The molecular weight excluding hydrogens is 502 g/mol. The van der Waals surface area contributed by atoms with E-state index in [-0.39, 0.29) is 11.8 Å². The van der Waals surface area contributed by atoms with Crippen molar-refractivity contribution < 1.29 is 14.0 Å². The fourth-order valence-electron chi connectivity index (χ4n) is 4.98. The van der Waals surface area contributed by atoms with Gasteiger partial charge in [0.15, 0.2) is 23.5 Å². The average Bonchev–Trinajstić information content (AvgIpc) is 3.38. The molecule has 4 rings (SSSR count). The number of ether oxygens (including phenoxy) is 2. The van der Waals surface area contributed by atoms with E-state index >= 15 is 0 Å². The highest BCUT2D eigenvalue weighted by atomic mass is 16.5. The SMILES string of the molecule is CCCCOc1cc(OCCCC)c(C(C)C)cc1-c1onc(C(=N)NC#N)c1-c1ccc2c(c1)CCN(C)C2. The van der Waals surface area contributed by atoms with E-state index in [9.17, 15) is 5.26 Å². The predicted molar refractivity (Wildman–Crippen MR) is 158 cm³/mol. The van der Waals surface area contributed by atoms with E-state index in [4.69, 9.17) is 19.4 Å². The van der Waals surface area contributed by atoms with Crippen LogP contribution in [-0.2, 0) is 13.0 Å². The topological polar surface area (TPSA) is 107 Å². The molecule has 0 spiro atoms. The van der Waals surface area contributed by atoms with Crippen molar-refractivity contribution in [3.8, 4) is 40.1 Å². The van der Waals surface area contributed by atoms with Crippen LogP contribution in [0, 0.1) is 16.9 Å². The maximum atomic E-state index is 9.25. The van der Waals surface area contributed by atoms with Crippen molar-refractivity contribution in [2.45, 2.75) is 72.3 Å². The van der Waals surface area contributed by atoms with Gasteiger partial charge in [0.25, 0.3) is 0 Å². The fourth-order valence-corrected chi connectivity index (χ4v) is 4.98. The number of nitrogens with one attached hydrogen (secondary N) is 2. The summed E-state index contributed by atoms with van der Waals surface area (Å²) in [5, 5.41) is 24.5. The highest BCUT2D eigenvalue weighted by molar-refractivity contribution is 6.04.